The molecule has 2 aliphatic carbocycles. The molecule has 0 nitrogen and oxygen atoms in total. The topological polar surface area (TPSA) is 0 Å². The minimum absolute atomic E-state index is 0. The Labute approximate surface area is 247 Å². The summed E-state index contributed by atoms with van der Waals surface area (Å²) in [5.74, 6) is 0. The summed E-state index contributed by atoms with van der Waals surface area (Å²) in [6.45, 7) is 2.29. The Morgan fingerprint density at radius 3 is 2.03 bits per heavy atom. The van der Waals surface area contributed by atoms with Crippen molar-refractivity contribution in [3.05, 3.63) is 146 Å². The SMILES string of the molecule is CCCCC1=CC[C]([Zr+2](=[C](c2ccccc2)c2ccccc2)[c]2cccc3c2Cc2ccccc2-3)=C1.[Cl-].[Cl-]. The van der Waals surface area contributed by atoms with Crippen LogP contribution in [0.15, 0.2) is 124 Å². The van der Waals surface area contributed by atoms with Gasteiger partial charge in [-0.3, -0.25) is 0 Å². The quantitative estimate of drug-likeness (QED) is 0.264. The van der Waals surface area contributed by atoms with E-state index in [2.05, 4.69) is 122 Å². The van der Waals surface area contributed by atoms with E-state index in [1.165, 1.54) is 47.1 Å². The minimum atomic E-state index is -2.55. The molecule has 0 saturated heterocycles. The molecular weight excluding hydrogens is 583 g/mol. The summed E-state index contributed by atoms with van der Waals surface area (Å²) in [6.07, 6.45) is 11.1. The number of halogens is 2. The van der Waals surface area contributed by atoms with E-state index in [-0.39, 0.29) is 24.8 Å². The van der Waals surface area contributed by atoms with Gasteiger partial charge in [0.05, 0.1) is 0 Å². The third kappa shape index (κ3) is 5.67. The van der Waals surface area contributed by atoms with Crippen molar-refractivity contribution < 1.29 is 46.1 Å². The Hall–Kier alpha value is -2.31. The summed E-state index contributed by atoms with van der Waals surface area (Å²) in [5, 5.41) is 0. The van der Waals surface area contributed by atoms with Gasteiger partial charge in [0.25, 0.3) is 0 Å². The van der Waals surface area contributed by atoms with Crippen LogP contribution in [0.25, 0.3) is 11.1 Å². The summed E-state index contributed by atoms with van der Waals surface area (Å²) in [4.78, 5) is 0. The van der Waals surface area contributed by atoms with Crippen molar-refractivity contribution in [2.24, 2.45) is 0 Å². The molecule has 0 aliphatic heterocycles. The van der Waals surface area contributed by atoms with E-state index in [4.69, 9.17) is 0 Å². The predicted molar refractivity (Wildman–Crippen MR) is 151 cm³/mol. The van der Waals surface area contributed by atoms with Crippen LogP contribution in [0.2, 0.25) is 0 Å². The van der Waals surface area contributed by atoms with Crippen LogP contribution in [0.1, 0.15) is 54.9 Å². The van der Waals surface area contributed by atoms with Crippen LogP contribution < -0.4 is 28.1 Å². The zero-order valence-electron chi connectivity index (χ0n) is 21.8. The Morgan fingerprint density at radius 2 is 1.34 bits per heavy atom. The van der Waals surface area contributed by atoms with E-state index in [0.717, 1.165) is 12.8 Å². The zero-order valence-corrected chi connectivity index (χ0v) is 25.7. The van der Waals surface area contributed by atoms with Gasteiger partial charge in [0, 0.05) is 0 Å². The van der Waals surface area contributed by atoms with Gasteiger partial charge in [-0.1, -0.05) is 0 Å². The summed E-state index contributed by atoms with van der Waals surface area (Å²) >= 11 is -2.55. The average molecular weight is 615 g/mol. The molecule has 38 heavy (non-hydrogen) atoms. The van der Waals surface area contributed by atoms with Crippen LogP contribution in [0.3, 0.4) is 0 Å². The first-order valence-electron chi connectivity index (χ1n) is 13.3. The van der Waals surface area contributed by atoms with Gasteiger partial charge in [0.15, 0.2) is 0 Å². The number of allylic oxidation sites excluding steroid dienone is 4. The molecule has 6 rings (SSSR count). The molecule has 0 atom stereocenters. The van der Waals surface area contributed by atoms with Crippen LogP contribution in [0.4, 0.5) is 0 Å². The van der Waals surface area contributed by atoms with Gasteiger partial charge in [-0.2, -0.15) is 0 Å². The molecule has 0 aromatic heterocycles. The van der Waals surface area contributed by atoms with Crippen LogP contribution in [-0.4, -0.2) is 3.21 Å². The molecule has 0 bridgehead atoms. The fourth-order valence-electron chi connectivity index (χ4n) is 5.84. The van der Waals surface area contributed by atoms with Crippen molar-refractivity contribution in [3.63, 3.8) is 0 Å². The molecule has 0 N–H and O–H groups in total. The fourth-order valence-corrected chi connectivity index (χ4v) is 13.9. The largest absolute Gasteiger partial charge is 1.00 e. The molecule has 0 amide bonds. The van der Waals surface area contributed by atoms with E-state index in [9.17, 15) is 0 Å². The first kappa shape index (κ1) is 28.7. The van der Waals surface area contributed by atoms with Crippen LogP contribution >= 0.6 is 0 Å². The second-order valence-electron chi connectivity index (χ2n) is 9.90. The maximum absolute atomic E-state index is 2.61. The van der Waals surface area contributed by atoms with Crippen molar-refractivity contribution in [2.75, 3.05) is 0 Å². The number of unbranched alkanes of at least 4 members (excludes halogenated alkanes) is 1. The summed E-state index contributed by atoms with van der Waals surface area (Å²) in [7, 11) is 0. The Balaban J connectivity index is 0.00000168. The Bertz CT molecular complexity index is 1460. The molecule has 0 saturated carbocycles. The molecule has 0 radical (unpaired) electrons. The standard InChI is InChI=1S/C13H9.C13H10.C9H13.2ClH.Zr/c1-3-7-12-10(5-1)9-11-6-2-4-8-13(11)12;1-3-7-12(8-4-1)11-13-9-5-2-6-10-13;1-2-3-6-9-7-4-5-8-9;;;/h1-5,7-8H,9H2;1-10H;7-8H,2-4,6H2,1H3;2*1H;/q;;;;;+2/p-2. The third-order valence-electron chi connectivity index (χ3n) is 7.58. The fraction of sp³-hybridized carbons (Fsp3) is 0.171. The first-order chi connectivity index (χ1) is 17.8. The number of benzene rings is 4. The van der Waals surface area contributed by atoms with Gasteiger partial charge in [-0.05, 0) is 0 Å². The van der Waals surface area contributed by atoms with Crippen LogP contribution in [-0.2, 0) is 27.7 Å². The third-order valence-corrected chi connectivity index (χ3v) is 15.1. The first-order valence-corrected chi connectivity index (χ1v) is 17.0. The molecule has 0 spiro atoms. The second kappa shape index (κ2) is 13.2. The second-order valence-corrected chi connectivity index (χ2v) is 15.9. The van der Waals surface area contributed by atoms with Gasteiger partial charge in [-0.15, -0.1) is 0 Å². The Morgan fingerprint density at radius 1 is 0.711 bits per heavy atom. The Kier molecular flexibility index (Phi) is 9.94. The summed E-state index contributed by atoms with van der Waals surface area (Å²) in [5.41, 5.74) is 10.3. The van der Waals surface area contributed by atoms with Crippen molar-refractivity contribution >= 4 is 6.48 Å². The van der Waals surface area contributed by atoms with Gasteiger partial charge in [0.2, 0.25) is 0 Å². The molecule has 2 aliphatic rings. The van der Waals surface area contributed by atoms with Crippen molar-refractivity contribution in [3.8, 4) is 11.1 Å². The normalized spacial score (nSPS) is 12.6. The van der Waals surface area contributed by atoms with E-state index in [1.54, 1.807) is 20.9 Å². The zero-order chi connectivity index (χ0) is 24.3. The van der Waals surface area contributed by atoms with Gasteiger partial charge in [0.1, 0.15) is 0 Å². The van der Waals surface area contributed by atoms with E-state index in [0.29, 0.717) is 0 Å². The van der Waals surface area contributed by atoms with Crippen molar-refractivity contribution in [1.29, 1.82) is 0 Å². The molecular formula is C35H32Cl2Zr. The van der Waals surface area contributed by atoms with Crippen LogP contribution in [0.5, 0.6) is 0 Å². The maximum Gasteiger partial charge on any atom is -1.00 e. The molecule has 4 aromatic rings. The van der Waals surface area contributed by atoms with Crippen molar-refractivity contribution in [2.45, 2.75) is 39.0 Å². The summed E-state index contributed by atoms with van der Waals surface area (Å²) in [6, 6.07) is 38.6. The van der Waals surface area contributed by atoms with Crippen LogP contribution in [0, 0.1) is 0 Å². The molecule has 4 aromatic carbocycles. The molecule has 190 valence electrons. The van der Waals surface area contributed by atoms with E-state index < -0.39 is 21.3 Å². The number of fused-ring (bicyclic) bond motifs is 3. The minimum Gasteiger partial charge on any atom is -1.00 e. The smallest absolute Gasteiger partial charge is 1.00 e. The molecule has 0 heterocycles. The van der Waals surface area contributed by atoms with E-state index >= 15 is 0 Å². The monoisotopic (exact) mass is 612 g/mol. The summed E-state index contributed by atoms with van der Waals surface area (Å²) < 4.78 is 4.99. The number of rotatable bonds is 7. The van der Waals surface area contributed by atoms with Gasteiger partial charge in [-0.25, -0.2) is 0 Å². The predicted octanol–water partition coefficient (Wildman–Crippen LogP) is 2.18. The van der Waals surface area contributed by atoms with E-state index in [1.807, 2.05) is 0 Å². The molecule has 3 heteroatoms. The van der Waals surface area contributed by atoms with Crippen molar-refractivity contribution in [1.82, 2.24) is 0 Å². The van der Waals surface area contributed by atoms with Gasteiger partial charge < -0.3 is 24.8 Å². The molecule has 0 fully saturated rings. The number of hydrogen-bond acceptors (Lipinski definition) is 0. The average Bonchev–Trinajstić information content (AvgIpc) is 3.56. The molecule has 0 unspecified atom stereocenters. The maximum atomic E-state index is 2.61. The number of hydrogen-bond donors (Lipinski definition) is 0. The van der Waals surface area contributed by atoms with Gasteiger partial charge >= 0.3 is 224 Å².